The van der Waals surface area contributed by atoms with Crippen LogP contribution in [0.25, 0.3) is 10.8 Å². The van der Waals surface area contributed by atoms with Crippen molar-refractivity contribution in [3.05, 3.63) is 24.5 Å². The van der Waals surface area contributed by atoms with Crippen molar-refractivity contribution in [2.24, 2.45) is 7.05 Å². The van der Waals surface area contributed by atoms with Crippen LogP contribution in [0.5, 0.6) is 11.5 Å². The number of aromatic hydroxyl groups is 2. The minimum Gasteiger partial charge on any atom is -0.504 e. The highest BCUT2D eigenvalue weighted by atomic mass is 32.2. The first kappa shape index (κ1) is 10.0. The van der Waals surface area contributed by atoms with E-state index < -0.39 is 5.75 Å². The molecule has 15 heavy (non-hydrogen) atoms. The zero-order valence-corrected chi connectivity index (χ0v) is 8.75. The Bertz CT molecular complexity index is 530. The van der Waals surface area contributed by atoms with Crippen molar-refractivity contribution in [2.45, 2.75) is 4.90 Å². The van der Waals surface area contributed by atoms with Crippen LogP contribution < -0.4 is 4.57 Å². The average molecular weight is 226 g/mol. The second-order valence-corrected chi connectivity index (χ2v) is 3.86. The van der Waals surface area contributed by atoms with Gasteiger partial charge in [0, 0.05) is 11.5 Å². The second-order valence-electron chi connectivity index (χ2n) is 3.26. The lowest BCUT2D eigenvalue weighted by molar-refractivity contribution is -0.670. The van der Waals surface area contributed by atoms with E-state index >= 15 is 0 Å². The summed E-state index contributed by atoms with van der Waals surface area (Å²) in [4.78, 5) is 0.0196. The minimum absolute atomic E-state index is 0.0196. The standard InChI is InChI=1S/C10H8FNO2S/c1-12-3-2-7-6(5-12)4-8(15-11)10(14)9(7)13/h2-5,13H,1H3/p+1. The van der Waals surface area contributed by atoms with Crippen molar-refractivity contribution in [2.75, 3.05) is 0 Å². The van der Waals surface area contributed by atoms with Crippen molar-refractivity contribution in [1.29, 1.82) is 0 Å². The van der Waals surface area contributed by atoms with Crippen LogP contribution in [0, 0.1) is 0 Å². The Morgan fingerprint density at radius 1 is 1.33 bits per heavy atom. The zero-order chi connectivity index (χ0) is 11.0. The topological polar surface area (TPSA) is 44.3 Å². The number of phenols is 2. The smallest absolute Gasteiger partial charge is 0.176 e. The van der Waals surface area contributed by atoms with Crippen LogP contribution in [-0.2, 0) is 7.05 Å². The molecule has 2 aromatic rings. The lowest BCUT2D eigenvalue weighted by atomic mass is 10.1. The summed E-state index contributed by atoms with van der Waals surface area (Å²) in [6, 6.07) is 3.16. The van der Waals surface area contributed by atoms with Gasteiger partial charge in [-0.25, -0.2) is 4.57 Å². The van der Waals surface area contributed by atoms with Crippen molar-refractivity contribution in [3.8, 4) is 11.5 Å². The number of aryl methyl sites for hydroxylation is 1. The van der Waals surface area contributed by atoms with E-state index in [-0.39, 0.29) is 22.8 Å². The van der Waals surface area contributed by atoms with Crippen LogP contribution in [0.4, 0.5) is 3.89 Å². The molecule has 0 amide bonds. The predicted molar refractivity (Wildman–Crippen MR) is 55.4 cm³/mol. The van der Waals surface area contributed by atoms with Gasteiger partial charge in [-0.15, -0.1) is 0 Å². The highest BCUT2D eigenvalue weighted by Crippen LogP contribution is 2.41. The fraction of sp³-hybridized carbons (Fsp3) is 0.100. The van der Waals surface area contributed by atoms with Gasteiger partial charge in [0.2, 0.25) is 0 Å². The van der Waals surface area contributed by atoms with E-state index in [1.807, 2.05) is 7.05 Å². The molecule has 0 aliphatic rings. The van der Waals surface area contributed by atoms with Crippen LogP contribution >= 0.6 is 12.1 Å². The molecule has 1 aromatic carbocycles. The van der Waals surface area contributed by atoms with Crippen molar-refractivity contribution in [1.82, 2.24) is 0 Å². The van der Waals surface area contributed by atoms with E-state index in [0.717, 1.165) is 0 Å². The summed E-state index contributed by atoms with van der Waals surface area (Å²) in [5, 5.41) is 20.2. The van der Waals surface area contributed by atoms with Gasteiger partial charge in [-0.2, -0.15) is 3.89 Å². The van der Waals surface area contributed by atoms with Gasteiger partial charge in [-0.3, -0.25) is 0 Å². The average Bonchev–Trinajstić information content (AvgIpc) is 2.23. The number of rotatable bonds is 1. The van der Waals surface area contributed by atoms with Gasteiger partial charge in [-0.05, 0) is 6.07 Å². The molecule has 3 nitrogen and oxygen atoms in total. The van der Waals surface area contributed by atoms with Crippen LogP contribution in [0.3, 0.4) is 0 Å². The number of aromatic nitrogens is 1. The first-order chi connectivity index (χ1) is 7.13. The Balaban J connectivity index is 2.84. The number of nitrogens with zero attached hydrogens (tertiary/aromatic N) is 1. The molecule has 0 saturated carbocycles. The maximum Gasteiger partial charge on any atom is 0.176 e. The van der Waals surface area contributed by atoms with Gasteiger partial charge in [0.25, 0.3) is 0 Å². The van der Waals surface area contributed by atoms with Crippen molar-refractivity contribution in [3.63, 3.8) is 0 Å². The number of benzene rings is 1. The number of phenolic OH excluding ortho intramolecular Hbond substituents is 2. The highest BCUT2D eigenvalue weighted by molar-refractivity contribution is 7.94. The molecule has 5 heteroatoms. The number of pyridine rings is 1. The molecule has 0 aliphatic carbocycles. The van der Waals surface area contributed by atoms with Gasteiger partial charge in [-0.1, -0.05) is 0 Å². The molecule has 0 saturated heterocycles. The fourth-order valence-corrected chi connectivity index (χ4v) is 1.80. The van der Waals surface area contributed by atoms with Gasteiger partial charge in [0.15, 0.2) is 23.9 Å². The lowest BCUT2D eigenvalue weighted by Gasteiger charge is -2.04. The number of hydrogen-bond donors (Lipinski definition) is 2. The predicted octanol–water partition coefficient (Wildman–Crippen LogP) is 2.05. The zero-order valence-electron chi connectivity index (χ0n) is 7.94. The highest BCUT2D eigenvalue weighted by Gasteiger charge is 2.14. The maximum absolute atomic E-state index is 12.4. The summed E-state index contributed by atoms with van der Waals surface area (Å²) in [5.74, 6) is -0.697. The summed E-state index contributed by atoms with van der Waals surface area (Å²) < 4.78 is 14.2. The Labute approximate surface area is 90.1 Å². The molecule has 2 N–H and O–H groups in total. The number of hydrogen-bond acceptors (Lipinski definition) is 3. The van der Waals surface area contributed by atoms with E-state index in [9.17, 15) is 14.1 Å². The molecule has 0 aliphatic heterocycles. The molecule has 2 rings (SSSR count). The molecule has 0 atom stereocenters. The molecule has 0 spiro atoms. The van der Waals surface area contributed by atoms with Gasteiger partial charge < -0.3 is 10.2 Å². The van der Waals surface area contributed by atoms with E-state index in [4.69, 9.17) is 0 Å². The molecule has 0 unspecified atom stereocenters. The van der Waals surface area contributed by atoms with Crippen LogP contribution in [0.2, 0.25) is 0 Å². The molecule has 78 valence electrons. The summed E-state index contributed by atoms with van der Waals surface area (Å²) >= 11 is -0.0890. The van der Waals surface area contributed by atoms with Crippen LogP contribution in [0.15, 0.2) is 29.4 Å². The molecule has 0 radical (unpaired) electrons. The first-order valence-electron chi connectivity index (χ1n) is 4.26. The summed E-state index contributed by atoms with van der Waals surface area (Å²) in [6.45, 7) is 0. The molecule has 1 aromatic heterocycles. The van der Waals surface area contributed by atoms with Gasteiger partial charge in [0.1, 0.15) is 7.05 Å². The first-order valence-corrected chi connectivity index (χ1v) is 4.97. The summed E-state index contributed by atoms with van der Waals surface area (Å²) in [5.41, 5.74) is 0. The Morgan fingerprint density at radius 2 is 2.07 bits per heavy atom. The molecule has 0 bridgehead atoms. The van der Waals surface area contributed by atoms with E-state index in [0.29, 0.717) is 10.8 Å². The SMILES string of the molecule is C[n+]1ccc2c(O)c(O)c(SF)cc2c1. The third kappa shape index (κ3) is 1.59. The summed E-state index contributed by atoms with van der Waals surface area (Å²) in [7, 11) is 1.83. The van der Waals surface area contributed by atoms with Crippen LogP contribution in [0.1, 0.15) is 0 Å². The second kappa shape index (κ2) is 3.58. The third-order valence-corrected chi connectivity index (χ3v) is 2.69. The maximum atomic E-state index is 12.4. The Kier molecular flexibility index (Phi) is 2.40. The van der Waals surface area contributed by atoms with Gasteiger partial charge >= 0.3 is 0 Å². The Morgan fingerprint density at radius 3 is 2.73 bits per heavy atom. The molecule has 1 heterocycles. The Hall–Kier alpha value is -1.49. The van der Waals surface area contributed by atoms with E-state index in [2.05, 4.69) is 0 Å². The summed E-state index contributed by atoms with van der Waals surface area (Å²) in [6.07, 6.45) is 3.48. The fourth-order valence-electron chi connectivity index (χ4n) is 1.46. The third-order valence-electron chi connectivity index (χ3n) is 2.21. The monoisotopic (exact) mass is 226 g/mol. The van der Waals surface area contributed by atoms with Crippen LogP contribution in [-0.4, -0.2) is 10.2 Å². The van der Waals surface area contributed by atoms with Crippen molar-refractivity contribution >= 4 is 22.9 Å². The lowest BCUT2D eigenvalue weighted by Crippen LogP contribution is -2.25. The largest absolute Gasteiger partial charge is 0.504 e. The quantitative estimate of drug-likeness (QED) is 0.578. The molecule has 0 fully saturated rings. The molecular weight excluding hydrogens is 217 g/mol. The van der Waals surface area contributed by atoms with E-state index in [1.54, 1.807) is 23.0 Å². The minimum atomic E-state index is -0.413. The van der Waals surface area contributed by atoms with Gasteiger partial charge in [0.05, 0.1) is 22.4 Å². The number of halogens is 1. The normalized spacial score (nSPS) is 10.8. The molecular formula is C10H9FNO2S+. The van der Waals surface area contributed by atoms with Crippen molar-refractivity contribution < 1.29 is 18.7 Å². The number of fused-ring (bicyclic) bond motifs is 1. The van der Waals surface area contributed by atoms with E-state index in [1.165, 1.54) is 6.07 Å².